The fourth-order valence-corrected chi connectivity index (χ4v) is 3.08. The topological polar surface area (TPSA) is 90.9 Å². The highest BCUT2D eigenvalue weighted by atomic mass is 79.9. The van der Waals surface area contributed by atoms with E-state index in [1.54, 1.807) is 36.4 Å². The highest BCUT2D eigenvalue weighted by molar-refractivity contribution is 9.10. The zero-order valence-corrected chi connectivity index (χ0v) is 17.2. The number of carbonyl (C=O) groups is 3. The maximum Gasteiger partial charge on any atom is 0.271 e. The Morgan fingerprint density at radius 1 is 1.18 bits per heavy atom. The molecule has 0 bridgehead atoms. The largest absolute Gasteiger partial charge is 0.301 e. The normalized spacial score (nSPS) is 17.0. The smallest absolute Gasteiger partial charge is 0.271 e. The minimum absolute atomic E-state index is 0.0211. The Morgan fingerprint density at radius 3 is 2.46 bits per heavy atom. The van der Waals surface area contributed by atoms with Crippen molar-refractivity contribution < 1.29 is 14.4 Å². The van der Waals surface area contributed by atoms with Gasteiger partial charge < -0.3 is 5.32 Å². The van der Waals surface area contributed by atoms with Crippen LogP contribution in [-0.4, -0.2) is 29.0 Å². The average Bonchev–Trinajstić information content (AvgIpc) is 2.66. The summed E-state index contributed by atoms with van der Waals surface area (Å²) in [6, 6.07) is 13.0. The Hall–Kier alpha value is -2.62. The van der Waals surface area contributed by atoms with E-state index in [4.69, 9.17) is 23.8 Å². The molecule has 1 saturated heterocycles. The van der Waals surface area contributed by atoms with Crippen molar-refractivity contribution in [1.29, 1.82) is 0 Å². The molecule has 3 rings (SSSR count). The molecule has 0 radical (unpaired) electrons. The standard InChI is InChI=1S/C18H12BrClN4O3S/c19-11-3-7-13(8-4-11)24-17(27)14(16(26)22-18(24)28)9-21-23-15(25)10-1-5-12(20)6-2-10/h1-9,14H,(H,23,25)(H,22,26,28)/b21-9-/t14-/m1/s1. The maximum absolute atomic E-state index is 12.8. The van der Waals surface area contributed by atoms with Crippen LogP contribution in [0.2, 0.25) is 5.02 Å². The van der Waals surface area contributed by atoms with Crippen LogP contribution < -0.4 is 15.6 Å². The molecule has 2 aromatic carbocycles. The van der Waals surface area contributed by atoms with Crippen LogP contribution in [0.5, 0.6) is 0 Å². The number of carbonyl (C=O) groups excluding carboxylic acids is 3. The van der Waals surface area contributed by atoms with Crippen LogP contribution in [0.4, 0.5) is 5.69 Å². The zero-order valence-electron chi connectivity index (χ0n) is 14.1. The maximum atomic E-state index is 12.8. The minimum Gasteiger partial charge on any atom is -0.301 e. The number of hydrogen-bond acceptors (Lipinski definition) is 5. The van der Waals surface area contributed by atoms with Crippen LogP contribution in [0.3, 0.4) is 0 Å². The Balaban J connectivity index is 1.74. The molecule has 28 heavy (non-hydrogen) atoms. The van der Waals surface area contributed by atoms with Crippen LogP contribution in [0.1, 0.15) is 10.4 Å². The molecule has 10 heteroatoms. The summed E-state index contributed by atoms with van der Waals surface area (Å²) >= 11 is 14.2. The van der Waals surface area contributed by atoms with E-state index in [2.05, 4.69) is 31.8 Å². The third-order valence-corrected chi connectivity index (χ3v) is 4.85. The number of nitrogens with zero attached hydrogens (tertiary/aromatic N) is 2. The Morgan fingerprint density at radius 2 is 1.82 bits per heavy atom. The van der Waals surface area contributed by atoms with Crippen molar-refractivity contribution in [3.63, 3.8) is 0 Å². The lowest BCUT2D eigenvalue weighted by molar-refractivity contribution is -0.130. The highest BCUT2D eigenvalue weighted by Crippen LogP contribution is 2.22. The van der Waals surface area contributed by atoms with Gasteiger partial charge in [0.05, 0.1) is 5.69 Å². The van der Waals surface area contributed by atoms with E-state index >= 15 is 0 Å². The van der Waals surface area contributed by atoms with Crippen molar-refractivity contribution in [2.45, 2.75) is 0 Å². The van der Waals surface area contributed by atoms with Crippen molar-refractivity contribution in [3.8, 4) is 0 Å². The molecule has 0 unspecified atom stereocenters. The average molecular weight is 480 g/mol. The Bertz CT molecular complexity index is 979. The van der Waals surface area contributed by atoms with Crippen LogP contribution >= 0.6 is 39.7 Å². The van der Waals surface area contributed by atoms with E-state index in [0.29, 0.717) is 16.3 Å². The number of hydrazone groups is 1. The first-order valence-corrected chi connectivity index (χ1v) is 9.48. The third-order valence-electron chi connectivity index (χ3n) is 3.78. The molecule has 1 fully saturated rings. The molecule has 2 aromatic rings. The first-order chi connectivity index (χ1) is 13.4. The van der Waals surface area contributed by atoms with Crippen LogP contribution in [-0.2, 0) is 9.59 Å². The van der Waals surface area contributed by atoms with Gasteiger partial charge in [-0.2, -0.15) is 5.10 Å². The van der Waals surface area contributed by atoms with Crippen molar-refractivity contribution in [2.24, 2.45) is 11.0 Å². The van der Waals surface area contributed by atoms with Crippen molar-refractivity contribution >= 4 is 74.5 Å². The number of hydrogen-bond donors (Lipinski definition) is 2. The number of anilines is 1. The quantitative estimate of drug-likeness (QED) is 0.305. The fraction of sp³-hybridized carbons (Fsp3) is 0.0556. The van der Waals surface area contributed by atoms with Crippen molar-refractivity contribution in [1.82, 2.24) is 10.7 Å². The second-order valence-electron chi connectivity index (χ2n) is 5.65. The first-order valence-electron chi connectivity index (χ1n) is 7.90. The monoisotopic (exact) mass is 478 g/mol. The SMILES string of the molecule is O=C(N/N=C\[C@@H]1C(=O)NC(=S)N(c2ccc(Br)cc2)C1=O)c1ccc(Cl)cc1. The Kier molecular flexibility index (Phi) is 6.18. The molecule has 0 saturated carbocycles. The van der Waals surface area contributed by atoms with Gasteiger partial charge in [-0.05, 0) is 60.7 Å². The zero-order chi connectivity index (χ0) is 20.3. The van der Waals surface area contributed by atoms with Crippen molar-refractivity contribution in [3.05, 3.63) is 63.6 Å². The second kappa shape index (κ2) is 8.59. The van der Waals surface area contributed by atoms with Crippen LogP contribution in [0.25, 0.3) is 0 Å². The number of nitrogens with one attached hydrogen (secondary N) is 2. The Labute approximate surface area is 178 Å². The van der Waals surface area contributed by atoms with Gasteiger partial charge in [0.2, 0.25) is 5.91 Å². The number of halogens is 2. The molecule has 0 aliphatic carbocycles. The van der Waals surface area contributed by atoms with Gasteiger partial charge in [-0.1, -0.05) is 27.5 Å². The van der Waals surface area contributed by atoms with Crippen molar-refractivity contribution in [2.75, 3.05) is 4.90 Å². The van der Waals surface area contributed by atoms with Gasteiger partial charge in [0.1, 0.15) is 0 Å². The van der Waals surface area contributed by atoms with E-state index in [0.717, 1.165) is 10.7 Å². The van der Waals surface area contributed by atoms with Crippen LogP contribution in [0, 0.1) is 5.92 Å². The molecule has 1 aliphatic heterocycles. The number of rotatable bonds is 4. The van der Waals surface area contributed by atoms with Crippen LogP contribution in [0.15, 0.2) is 58.1 Å². The molecular formula is C18H12BrClN4O3S. The lowest BCUT2D eigenvalue weighted by atomic mass is 10.1. The molecule has 7 nitrogen and oxygen atoms in total. The summed E-state index contributed by atoms with van der Waals surface area (Å²) in [5.41, 5.74) is 3.11. The predicted octanol–water partition coefficient (Wildman–Crippen LogP) is 2.88. The molecule has 1 heterocycles. The minimum atomic E-state index is -1.24. The van der Waals surface area contributed by atoms with E-state index < -0.39 is 23.6 Å². The molecule has 0 aromatic heterocycles. The second-order valence-corrected chi connectivity index (χ2v) is 7.39. The first kappa shape index (κ1) is 20.1. The van der Waals surface area contributed by atoms with E-state index in [1.807, 2.05) is 0 Å². The van der Waals surface area contributed by atoms with Gasteiger partial charge >= 0.3 is 0 Å². The van der Waals surface area contributed by atoms with Gasteiger partial charge in [0, 0.05) is 21.3 Å². The third kappa shape index (κ3) is 4.44. The van der Waals surface area contributed by atoms with Gasteiger partial charge in [-0.25, -0.2) is 5.43 Å². The number of amides is 3. The van der Waals surface area contributed by atoms with E-state index in [9.17, 15) is 14.4 Å². The number of benzene rings is 2. The molecule has 1 aliphatic rings. The lowest BCUT2D eigenvalue weighted by Gasteiger charge is -2.30. The lowest BCUT2D eigenvalue weighted by Crippen LogP contribution is -2.58. The molecule has 3 amide bonds. The summed E-state index contributed by atoms with van der Waals surface area (Å²) in [7, 11) is 0. The summed E-state index contributed by atoms with van der Waals surface area (Å²) in [6.07, 6.45) is 1.07. The number of thiocarbonyl (C=S) groups is 1. The molecular weight excluding hydrogens is 468 g/mol. The van der Waals surface area contributed by atoms with Gasteiger partial charge in [0.15, 0.2) is 11.0 Å². The summed E-state index contributed by atoms with van der Waals surface area (Å²) in [5.74, 6) is -2.92. The fourth-order valence-electron chi connectivity index (χ4n) is 2.39. The molecule has 1 atom stereocenters. The molecule has 142 valence electrons. The summed E-state index contributed by atoms with van der Waals surface area (Å²) in [4.78, 5) is 38.2. The summed E-state index contributed by atoms with van der Waals surface area (Å²) in [5, 5.41) is 6.68. The van der Waals surface area contributed by atoms with E-state index in [-0.39, 0.29) is 5.11 Å². The van der Waals surface area contributed by atoms with Gasteiger partial charge in [0.25, 0.3) is 11.8 Å². The van der Waals surface area contributed by atoms with Gasteiger partial charge in [-0.15, -0.1) is 0 Å². The van der Waals surface area contributed by atoms with Gasteiger partial charge in [-0.3, -0.25) is 19.3 Å². The predicted molar refractivity (Wildman–Crippen MR) is 113 cm³/mol. The highest BCUT2D eigenvalue weighted by Gasteiger charge is 2.38. The summed E-state index contributed by atoms with van der Waals surface area (Å²) in [6.45, 7) is 0. The molecule has 0 spiro atoms. The summed E-state index contributed by atoms with van der Waals surface area (Å²) < 4.78 is 0.832. The molecule has 2 N–H and O–H groups in total. The van der Waals surface area contributed by atoms with E-state index in [1.165, 1.54) is 17.0 Å².